The lowest BCUT2D eigenvalue weighted by Crippen LogP contribution is -1.90. The van der Waals surface area contributed by atoms with Gasteiger partial charge < -0.3 is 24.8 Å². The molecule has 0 aliphatic rings. The molecule has 5 heteroatoms. The van der Waals surface area contributed by atoms with Gasteiger partial charge >= 0.3 is 0 Å². The van der Waals surface area contributed by atoms with Gasteiger partial charge in [-0.15, -0.1) is 0 Å². The van der Waals surface area contributed by atoms with E-state index in [9.17, 15) is 5.11 Å². The van der Waals surface area contributed by atoms with Crippen molar-refractivity contribution in [2.24, 2.45) is 0 Å². The lowest BCUT2D eigenvalue weighted by atomic mass is 10.2. The van der Waals surface area contributed by atoms with Crippen LogP contribution in [0.15, 0.2) is 30.3 Å². The minimum absolute atomic E-state index is 0.0955. The van der Waals surface area contributed by atoms with E-state index in [1.165, 1.54) is 12.1 Å². The molecule has 2 aromatic carbocycles. The van der Waals surface area contributed by atoms with Crippen molar-refractivity contribution in [3.63, 3.8) is 0 Å². The van der Waals surface area contributed by atoms with Gasteiger partial charge in [0.05, 0.1) is 14.2 Å². The largest absolute Gasteiger partial charge is 0.508 e. The monoisotopic (exact) mass is 322 g/mol. The average Bonchev–Trinajstić information content (AvgIpc) is 2.56. The van der Waals surface area contributed by atoms with Gasteiger partial charge in [0, 0.05) is 23.8 Å². The van der Waals surface area contributed by atoms with E-state index in [0.29, 0.717) is 11.5 Å². The zero-order chi connectivity index (χ0) is 18.0. The number of methoxy groups -OCH3 is 2. The van der Waals surface area contributed by atoms with Crippen LogP contribution in [0.4, 0.5) is 0 Å². The maximum atomic E-state index is 9.38. The molecule has 0 saturated carbocycles. The quantitative estimate of drug-likeness (QED) is 0.774. The van der Waals surface area contributed by atoms with Crippen LogP contribution < -0.4 is 9.47 Å². The first-order chi connectivity index (χ1) is 10.9. The van der Waals surface area contributed by atoms with Crippen LogP contribution in [-0.4, -0.2) is 29.5 Å². The van der Waals surface area contributed by atoms with Gasteiger partial charge in [0.2, 0.25) is 0 Å². The topological polar surface area (TPSA) is 79.2 Å². The first-order valence-corrected chi connectivity index (χ1v) is 7.29. The molecule has 0 radical (unpaired) electrons. The summed E-state index contributed by atoms with van der Waals surface area (Å²) < 4.78 is 9.98. The van der Waals surface area contributed by atoms with E-state index < -0.39 is 0 Å². The summed E-state index contributed by atoms with van der Waals surface area (Å²) >= 11 is 0. The molecular formula is C18H26O5. The Kier molecular flexibility index (Phi) is 9.08. The van der Waals surface area contributed by atoms with E-state index in [1.54, 1.807) is 46.3 Å². The number of hydrogen-bond acceptors (Lipinski definition) is 5. The SMILES string of the molecule is CC.COc1cc(O)c(C)c(OC)c1.Cc1ccc(O)cc1O. The highest BCUT2D eigenvalue weighted by Gasteiger charge is 2.06. The van der Waals surface area contributed by atoms with Crippen LogP contribution in [0, 0.1) is 13.8 Å². The molecular weight excluding hydrogens is 296 g/mol. The minimum Gasteiger partial charge on any atom is -0.508 e. The number of hydrogen-bond donors (Lipinski definition) is 3. The average molecular weight is 322 g/mol. The van der Waals surface area contributed by atoms with Crippen molar-refractivity contribution >= 4 is 0 Å². The molecule has 0 heterocycles. The molecule has 128 valence electrons. The van der Waals surface area contributed by atoms with E-state index in [1.807, 2.05) is 13.8 Å². The number of rotatable bonds is 2. The van der Waals surface area contributed by atoms with Crippen LogP contribution in [-0.2, 0) is 0 Å². The predicted molar refractivity (Wildman–Crippen MR) is 91.8 cm³/mol. The molecule has 0 saturated heterocycles. The van der Waals surface area contributed by atoms with E-state index in [0.717, 1.165) is 11.1 Å². The molecule has 0 spiro atoms. The van der Waals surface area contributed by atoms with Crippen LogP contribution >= 0.6 is 0 Å². The number of ether oxygens (including phenoxy) is 2. The van der Waals surface area contributed by atoms with Crippen LogP contribution in [0.2, 0.25) is 0 Å². The minimum atomic E-state index is 0.0955. The zero-order valence-electron chi connectivity index (χ0n) is 14.5. The van der Waals surface area contributed by atoms with Gasteiger partial charge in [0.25, 0.3) is 0 Å². The van der Waals surface area contributed by atoms with E-state index in [4.69, 9.17) is 19.7 Å². The summed E-state index contributed by atoms with van der Waals surface area (Å²) in [5.41, 5.74) is 1.49. The van der Waals surface area contributed by atoms with Crippen molar-refractivity contribution in [2.75, 3.05) is 14.2 Å². The van der Waals surface area contributed by atoms with Crippen LogP contribution in [0.1, 0.15) is 25.0 Å². The smallest absolute Gasteiger partial charge is 0.129 e. The Bertz CT molecular complexity index is 609. The van der Waals surface area contributed by atoms with Gasteiger partial charge in [-0.1, -0.05) is 19.9 Å². The molecule has 0 aliphatic heterocycles. The maximum Gasteiger partial charge on any atom is 0.129 e. The fourth-order valence-electron chi connectivity index (χ4n) is 1.58. The summed E-state index contributed by atoms with van der Waals surface area (Å²) in [6, 6.07) is 7.79. The molecule has 0 unspecified atom stereocenters. The van der Waals surface area contributed by atoms with Crippen molar-refractivity contribution in [3.8, 4) is 28.7 Å². The standard InChI is InChI=1S/C9H12O3.C7H8O2.C2H6/c1-6-8(10)4-7(11-2)5-9(6)12-3;1-5-2-3-6(8)4-7(5)9;1-2/h4-5,10H,1-3H3;2-4,8-9H,1H3;1-2H3. The third kappa shape index (κ3) is 6.38. The molecule has 2 aromatic rings. The number of aryl methyl sites for hydroxylation is 1. The van der Waals surface area contributed by atoms with E-state index in [-0.39, 0.29) is 17.2 Å². The summed E-state index contributed by atoms with van der Waals surface area (Å²) in [6.45, 7) is 7.56. The number of phenolic OH excluding ortho intramolecular Hbond substituents is 3. The third-order valence-electron chi connectivity index (χ3n) is 2.95. The van der Waals surface area contributed by atoms with Crippen molar-refractivity contribution in [2.45, 2.75) is 27.7 Å². The molecule has 0 amide bonds. The lowest BCUT2D eigenvalue weighted by molar-refractivity contribution is 0.381. The summed E-state index contributed by atoms with van der Waals surface area (Å²) in [6.07, 6.45) is 0. The summed E-state index contributed by atoms with van der Waals surface area (Å²) in [7, 11) is 3.10. The van der Waals surface area contributed by atoms with E-state index in [2.05, 4.69) is 0 Å². The molecule has 3 N–H and O–H groups in total. The van der Waals surface area contributed by atoms with E-state index >= 15 is 0 Å². The van der Waals surface area contributed by atoms with Crippen molar-refractivity contribution in [3.05, 3.63) is 41.5 Å². The number of aromatic hydroxyl groups is 3. The van der Waals surface area contributed by atoms with Crippen molar-refractivity contribution in [1.82, 2.24) is 0 Å². The van der Waals surface area contributed by atoms with Crippen LogP contribution in [0.25, 0.3) is 0 Å². The third-order valence-corrected chi connectivity index (χ3v) is 2.95. The molecule has 5 nitrogen and oxygen atoms in total. The van der Waals surface area contributed by atoms with Gasteiger partial charge in [-0.05, 0) is 25.5 Å². The molecule has 0 aromatic heterocycles. The summed E-state index contributed by atoms with van der Waals surface area (Å²) in [5, 5.41) is 27.1. The van der Waals surface area contributed by atoms with Gasteiger partial charge in [-0.3, -0.25) is 0 Å². The molecule has 2 rings (SSSR count). The Balaban J connectivity index is 0.000000392. The van der Waals surface area contributed by atoms with Gasteiger partial charge in [-0.2, -0.15) is 0 Å². The predicted octanol–water partition coefficient (Wildman–Crippen LogP) is 4.15. The van der Waals surface area contributed by atoms with Crippen LogP contribution in [0.5, 0.6) is 28.7 Å². The molecule has 0 fully saturated rings. The maximum absolute atomic E-state index is 9.38. The first-order valence-electron chi connectivity index (χ1n) is 7.29. The molecule has 0 bridgehead atoms. The second kappa shape index (κ2) is 10.2. The van der Waals surface area contributed by atoms with Gasteiger partial charge in [0.15, 0.2) is 0 Å². The normalized spacial score (nSPS) is 8.96. The highest BCUT2D eigenvalue weighted by Crippen LogP contribution is 2.31. The second-order valence-electron chi connectivity index (χ2n) is 4.44. The van der Waals surface area contributed by atoms with Gasteiger partial charge in [-0.25, -0.2) is 0 Å². The highest BCUT2D eigenvalue weighted by molar-refractivity contribution is 5.48. The Morgan fingerprint density at radius 3 is 1.83 bits per heavy atom. The van der Waals surface area contributed by atoms with Crippen LogP contribution in [0.3, 0.4) is 0 Å². The Hall–Kier alpha value is -2.56. The molecule has 0 atom stereocenters. The Labute approximate surface area is 137 Å². The fraction of sp³-hybridized carbons (Fsp3) is 0.333. The number of benzene rings is 2. The molecule has 23 heavy (non-hydrogen) atoms. The lowest BCUT2D eigenvalue weighted by Gasteiger charge is -2.08. The summed E-state index contributed by atoms with van der Waals surface area (Å²) in [4.78, 5) is 0. The summed E-state index contributed by atoms with van der Waals surface area (Å²) in [5.74, 6) is 1.64. The van der Waals surface area contributed by atoms with Crippen molar-refractivity contribution < 1.29 is 24.8 Å². The fourth-order valence-corrected chi connectivity index (χ4v) is 1.58. The second-order valence-corrected chi connectivity index (χ2v) is 4.44. The Morgan fingerprint density at radius 1 is 0.783 bits per heavy atom. The van der Waals surface area contributed by atoms with Gasteiger partial charge in [0.1, 0.15) is 28.7 Å². The molecule has 0 aliphatic carbocycles. The first kappa shape index (κ1) is 20.4. The number of phenols is 3. The highest BCUT2D eigenvalue weighted by atomic mass is 16.5. The Morgan fingerprint density at radius 2 is 1.39 bits per heavy atom. The van der Waals surface area contributed by atoms with Crippen molar-refractivity contribution in [1.29, 1.82) is 0 Å². The zero-order valence-corrected chi connectivity index (χ0v) is 14.5.